The number of nitrogens with zero attached hydrogens (tertiary/aromatic N) is 1. The van der Waals surface area contributed by atoms with Crippen LogP contribution < -0.4 is 4.74 Å². The number of benzene rings is 1. The van der Waals surface area contributed by atoms with Crippen molar-refractivity contribution in [2.45, 2.75) is 19.4 Å². The molecular weight excluding hydrogens is 254 g/mol. The van der Waals surface area contributed by atoms with Gasteiger partial charge in [-0.05, 0) is 30.9 Å². The predicted octanol–water partition coefficient (Wildman–Crippen LogP) is 2.53. The van der Waals surface area contributed by atoms with Crippen LogP contribution in [0.1, 0.15) is 18.5 Å². The van der Waals surface area contributed by atoms with Crippen LogP contribution in [-0.4, -0.2) is 29.9 Å². The van der Waals surface area contributed by atoms with E-state index >= 15 is 0 Å². The van der Waals surface area contributed by atoms with Crippen molar-refractivity contribution in [2.75, 3.05) is 19.8 Å². The number of hydrogen-bond donors (Lipinski definition) is 1. The first kappa shape index (κ1) is 13.3. The lowest BCUT2D eigenvalue weighted by Crippen LogP contribution is -2.21. The lowest BCUT2D eigenvalue weighted by Gasteiger charge is -2.22. The molecule has 4 heteroatoms. The van der Waals surface area contributed by atoms with E-state index < -0.39 is 0 Å². The molecule has 0 radical (unpaired) electrons. The summed E-state index contributed by atoms with van der Waals surface area (Å²) >= 11 is 0. The number of para-hydroxylation sites is 1. The van der Waals surface area contributed by atoms with Crippen LogP contribution in [0.15, 0.2) is 30.3 Å². The van der Waals surface area contributed by atoms with E-state index in [1.807, 2.05) is 30.3 Å². The Morgan fingerprint density at radius 2 is 2.05 bits per heavy atom. The molecule has 1 aliphatic heterocycles. The molecule has 3 rings (SSSR count). The predicted molar refractivity (Wildman–Crippen MR) is 76.7 cm³/mol. The summed E-state index contributed by atoms with van der Waals surface area (Å²) in [6.45, 7) is 2.28. The summed E-state index contributed by atoms with van der Waals surface area (Å²) in [4.78, 5) is 4.40. The molecule has 0 spiro atoms. The lowest BCUT2D eigenvalue weighted by molar-refractivity contribution is 0.0499. The molecule has 0 atom stereocenters. The minimum atomic E-state index is -0.0710. The molecule has 2 aromatic rings. The highest BCUT2D eigenvalue weighted by atomic mass is 16.5. The molecule has 4 nitrogen and oxygen atoms in total. The van der Waals surface area contributed by atoms with E-state index in [2.05, 4.69) is 4.98 Å². The maximum absolute atomic E-state index is 9.30. The third-order valence-electron chi connectivity index (χ3n) is 3.71. The second-order valence-electron chi connectivity index (χ2n) is 5.15. The molecule has 1 fully saturated rings. The molecule has 0 aliphatic carbocycles. The van der Waals surface area contributed by atoms with Crippen molar-refractivity contribution in [3.63, 3.8) is 0 Å². The third kappa shape index (κ3) is 2.92. The van der Waals surface area contributed by atoms with Gasteiger partial charge in [-0.15, -0.1) is 0 Å². The zero-order valence-corrected chi connectivity index (χ0v) is 11.4. The Balaban J connectivity index is 1.81. The number of hydrogen-bond acceptors (Lipinski definition) is 4. The highest BCUT2D eigenvalue weighted by molar-refractivity contribution is 5.85. The van der Waals surface area contributed by atoms with Gasteiger partial charge in [0.05, 0.1) is 24.4 Å². The maximum Gasteiger partial charge on any atom is 0.130 e. The number of aromatic nitrogens is 1. The lowest BCUT2D eigenvalue weighted by atomic mass is 10.0. The van der Waals surface area contributed by atoms with E-state index in [0.717, 1.165) is 42.7 Å². The van der Waals surface area contributed by atoms with Gasteiger partial charge in [0.2, 0.25) is 0 Å². The quantitative estimate of drug-likeness (QED) is 0.930. The molecule has 1 N–H and O–H groups in total. The molecule has 0 bridgehead atoms. The zero-order valence-electron chi connectivity index (χ0n) is 11.4. The topological polar surface area (TPSA) is 51.6 Å². The van der Waals surface area contributed by atoms with E-state index in [4.69, 9.17) is 9.47 Å². The van der Waals surface area contributed by atoms with Gasteiger partial charge in [0.25, 0.3) is 0 Å². The second-order valence-corrected chi connectivity index (χ2v) is 5.15. The fourth-order valence-electron chi connectivity index (χ4n) is 2.52. The van der Waals surface area contributed by atoms with Crippen molar-refractivity contribution in [1.29, 1.82) is 0 Å². The van der Waals surface area contributed by atoms with Gasteiger partial charge in [-0.1, -0.05) is 12.1 Å². The molecule has 1 aromatic heterocycles. The molecule has 20 heavy (non-hydrogen) atoms. The van der Waals surface area contributed by atoms with E-state index in [0.29, 0.717) is 18.2 Å². The zero-order chi connectivity index (χ0) is 13.8. The van der Waals surface area contributed by atoms with Crippen LogP contribution >= 0.6 is 0 Å². The van der Waals surface area contributed by atoms with Crippen LogP contribution in [0.2, 0.25) is 0 Å². The smallest absolute Gasteiger partial charge is 0.130 e. The van der Waals surface area contributed by atoms with Gasteiger partial charge >= 0.3 is 0 Å². The van der Waals surface area contributed by atoms with Crippen LogP contribution in [0.5, 0.6) is 5.75 Å². The van der Waals surface area contributed by atoms with Crippen molar-refractivity contribution < 1.29 is 14.6 Å². The average Bonchev–Trinajstić information content (AvgIpc) is 2.53. The number of fused-ring (bicyclic) bond motifs is 1. The van der Waals surface area contributed by atoms with Crippen LogP contribution in [0.4, 0.5) is 0 Å². The molecule has 0 unspecified atom stereocenters. The summed E-state index contributed by atoms with van der Waals surface area (Å²) < 4.78 is 11.4. The van der Waals surface area contributed by atoms with E-state index in [1.54, 1.807) is 0 Å². The van der Waals surface area contributed by atoms with Gasteiger partial charge in [0, 0.05) is 24.7 Å². The average molecular weight is 273 g/mol. The van der Waals surface area contributed by atoms with Crippen LogP contribution in [0.25, 0.3) is 10.9 Å². The first-order valence-corrected chi connectivity index (χ1v) is 7.07. The van der Waals surface area contributed by atoms with Crippen molar-refractivity contribution in [3.05, 3.63) is 36.0 Å². The Kier molecular flexibility index (Phi) is 4.14. The molecule has 1 saturated heterocycles. The van der Waals surface area contributed by atoms with Crippen molar-refractivity contribution in [1.82, 2.24) is 4.98 Å². The molecule has 0 amide bonds. The molecular formula is C16H19NO3. The molecule has 2 heterocycles. The van der Waals surface area contributed by atoms with Crippen LogP contribution in [0, 0.1) is 5.92 Å². The van der Waals surface area contributed by atoms with Gasteiger partial charge in [-0.3, -0.25) is 4.98 Å². The van der Waals surface area contributed by atoms with E-state index in [-0.39, 0.29) is 6.61 Å². The Morgan fingerprint density at radius 3 is 2.85 bits per heavy atom. The Labute approximate surface area is 118 Å². The van der Waals surface area contributed by atoms with Gasteiger partial charge < -0.3 is 14.6 Å². The van der Waals surface area contributed by atoms with Crippen LogP contribution in [0.3, 0.4) is 0 Å². The normalized spacial score (nSPS) is 16.4. The largest absolute Gasteiger partial charge is 0.493 e. The first-order chi connectivity index (χ1) is 9.86. The molecule has 1 aliphatic rings. The fourth-order valence-corrected chi connectivity index (χ4v) is 2.52. The Bertz CT molecular complexity index is 579. The Morgan fingerprint density at radius 1 is 1.25 bits per heavy atom. The van der Waals surface area contributed by atoms with Gasteiger partial charge in [0.15, 0.2) is 0 Å². The molecule has 1 aromatic carbocycles. The summed E-state index contributed by atoms with van der Waals surface area (Å²) in [5.74, 6) is 1.36. The minimum Gasteiger partial charge on any atom is -0.493 e. The monoisotopic (exact) mass is 273 g/mol. The SMILES string of the molecule is OCc1cc(OCC2CCOCC2)c2ccccc2n1. The van der Waals surface area contributed by atoms with Crippen molar-refractivity contribution in [2.24, 2.45) is 5.92 Å². The Hall–Kier alpha value is -1.65. The van der Waals surface area contributed by atoms with Gasteiger partial charge in [-0.25, -0.2) is 0 Å². The summed E-state index contributed by atoms with van der Waals surface area (Å²) in [6.07, 6.45) is 2.10. The number of aliphatic hydroxyl groups is 1. The highest BCUT2D eigenvalue weighted by Crippen LogP contribution is 2.27. The first-order valence-electron chi connectivity index (χ1n) is 7.07. The summed E-state index contributed by atoms with van der Waals surface area (Å²) in [6, 6.07) is 9.70. The fraction of sp³-hybridized carbons (Fsp3) is 0.438. The van der Waals surface area contributed by atoms with Crippen LogP contribution in [-0.2, 0) is 11.3 Å². The number of ether oxygens (including phenoxy) is 2. The van der Waals surface area contributed by atoms with E-state index in [1.165, 1.54) is 0 Å². The van der Waals surface area contributed by atoms with Gasteiger partial charge in [0.1, 0.15) is 5.75 Å². The van der Waals surface area contributed by atoms with E-state index in [9.17, 15) is 5.11 Å². The number of pyridine rings is 1. The van der Waals surface area contributed by atoms with Gasteiger partial charge in [-0.2, -0.15) is 0 Å². The summed E-state index contributed by atoms with van der Waals surface area (Å²) in [5, 5.41) is 10.3. The standard InChI is InChI=1S/C16H19NO3/c18-10-13-9-16(14-3-1-2-4-15(14)17-13)20-11-12-5-7-19-8-6-12/h1-4,9,12,18H,5-8,10-11H2. The minimum absolute atomic E-state index is 0.0710. The molecule has 0 saturated carbocycles. The number of rotatable bonds is 4. The van der Waals surface area contributed by atoms with Crippen molar-refractivity contribution in [3.8, 4) is 5.75 Å². The summed E-state index contributed by atoms with van der Waals surface area (Å²) in [7, 11) is 0. The summed E-state index contributed by atoms with van der Waals surface area (Å²) in [5.41, 5.74) is 1.51. The third-order valence-corrected chi connectivity index (χ3v) is 3.71. The highest BCUT2D eigenvalue weighted by Gasteiger charge is 2.15. The molecule has 106 valence electrons. The number of aliphatic hydroxyl groups excluding tert-OH is 1. The maximum atomic E-state index is 9.30. The van der Waals surface area contributed by atoms with Crippen molar-refractivity contribution >= 4 is 10.9 Å². The second kappa shape index (κ2) is 6.20.